The third-order valence-electron chi connectivity index (χ3n) is 5.88. The van der Waals surface area contributed by atoms with Gasteiger partial charge in [0.2, 0.25) is 10.0 Å². The van der Waals surface area contributed by atoms with Crippen LogP contribution in [0.1, 0.15) is 43.9 Å². The fraction of sp³-hybridized carbons (Fsp3) is 0.310. The molecule has 0 aliphatic carbocycles. The number of halogens is 1. The minimum Gasteiger partial charge on any atom is -0.490 e. The highest BCUT2D eigenvalue weighted by molar-refractivity contribution is 14.1. The van der Waals surface area contributed by atoms with Crippen LogP contribution in [0.25, 0.3) is 0 Å². The van der Waals surface area contributed by atoms with Crippen molar-refractivity contribution in [3.8, 4) is 11.5 Å². The van der Waals surface area contributed by atoms with Gasteiger partial charge >= 0.3 is 10.1 Å². The molecule has 226 valence electrons. The van der Waals surface area contributed by atoms with E-state index in [1.807, 2.05) is 50.3 Å². The van der Waals surface area contributed by atoms with Crippen LogP contribution in [0.5, 0.6) is 11.5 Å². The van der Waals surface area contributed by atoms with E-state index in [2.05, 4.69) is 15.2 Å². The first kappa shape index (κ1) is 33.5. The zero-order chi connectivity index (χ0) is 31.1. The predicted molar refractivity (Wildman–Crippen MR) is 170 cm³/mol. The average molecular weight is 728 g/mol. The van der Waals surface area contributed by atoms with Crippen LogP contribution in [0, 0.1) is 23.3 Å². The van der Waals surface area contributed by atoms with Crippen molar-refractivity contribution in [2.24, 2.45) is 11.0 Å². The largest absolute Gasteiger partial charge is 0.490 e. The highest BCUT2D eigenvalue weighted by Gasteiger charge is 2.27. The Morgan fingerprint density at radius 2 is 1.52 bits per heavy atom. The summed E-state index contributed by atoms with van der Waals surface area (Å²) in [4.78, 5) is 13.0. The maximum atomic E-state index is 13.0. The first-order valence-corrected chi connectivity index (χ1v) is 17.1. The molecule has 0 spiro atoms. The van der Waals surface area contributed by atoms with Gasteiger partial charge in [0.15, 0.2) is 11.5 Å². The second-order valence-electron chi connectivity index (χ2n) is 9.96. The molecule has 0 saturated heterocycles. The minimum absolute atomic E-state index is 0.00801. The number of nitrogens with zero attached hydrogens (tertiary/aromatic N) is 1. The molecule has 2 N–H and O–H groups in total. The average Bonchev–Trinajstić information content (AvgIpc) is 2.90. The highest BCUT2D eigenvalue weighted by atomic mass is 127. The highest BCUT2D eigenvalue weighted by Crippen LogP contribution is 2.36. The van der Waals surface area contributed by atoms with Gasteiger partial charge in [-0.3, -0.25) is 4.79 Å². The van der Waals surface area contributed by atoms with E-state index in [9.17, 15) is 21.6 Å². The summed E-state index contributed by atoms with van der Waals surface area (Å²) in [6, 6.07) is 14.7. The lowest BCUT2D eigenvalue weighted by molar-refractivity contribution is -0.123. The van der Waals surface area contributed by atoms with E-state index in [-0.39, 0.29) is 40.2 Å². The maximum absolute atomic E-state index is 13.0. The summed E-state index contributed by atoms with van der Waals surface area (Å²) in [5.74, 6) is -0.401. The molecule has 3 aromatic carbocycles. The van der Waals surface area contributed by atoms with Crippen LogP contribution in [-0.2, 0) is 24.9 Å². The normalized spacial score (nSPS) is 12.8. The third-order valence-corrected chi connectivity index (χ3v) is 9.40. The molecule has 3 aromatic rings. The van der Waals surface area contributed by atoms with Gasteiger partial charge in [-0.05, 0) is 97.7 Å². The van der Waals surface area contributed by atoms with Crippen molar-refractivity contribution in [3.05, 3.63) is 80.9 Å². The van der Waals surface area contributed by atoms with Crippen molar-refractivity contribution >= 4 is 54.9 Å². The van der Waals surface area contributed by atoms with Gasteiger partial charge in [-0.2, -0.15) is 18.2 Å². The summed E-state index contributed by atoms with van der Waals surface area (Å²) in [6.07, 6.45) is 1.60. The Bertz CT molecular complexity index is 1640. The first-order chi connectivity index (χ1) is 19.7. The van der Waals surface area contributed by atoms with Crippen molar-refractivity contribution in [2.45, 2.75) is 56.9 Å². The number of nitrogens with one attached hydrogen (secondary N) is 2. The van der Waals surface area contributed by atoms with E-state index in [1.165, 1.54) is 36.5 Å². The molecule has 0 bridgehead atoms. The maximum Gasteiger partial charge on any atom is 0.339 e. The van der Waals surface area contributed by atoms with Crippen molar-refractivity contribution in [3.63, 3.8) is 0 Å². The number of aryl methyl sites for hydroxylation is 2. The predicted octanol–water partition coefficient (Wildman–Crippen LogP) is 4.92. The van der Waals surface area contributed by atoms with Crippen molar-refractivity contribution in [1.82, 2.24) is 10.1 Å². The molecule has 1 amide bonds. The Balaban J connectivity index is 1.79. The lowest BCUT2D eigenvalue weighted by atomic mass is 10.0. The molecule has 0 unspecified atom stereocenters. The van der Waals surface area contributed by atoms with E-state index in [1.54, 1.807) is 37.3 Å². The number of hydrazone groups is 1. The van der Waals surface area contributed by atoms with Crippen LogP contribution in [0.3, 0.4) is 0 Å². The van der Waals surface area contributed by atoms with E-state index in [0.29, 0.717) is 9.13 Å². The van der Waals surface area contributed by atoms with E-state index in [0.717, 1.165) is 11.1 Å². The molecule has 0 fully saturated rings. The monoisotopic (exact) mass is 727 g/mol. The number of carbonyl (C=O) groups excluding carboxylic acids is 1. The molecular weight excluding hydrogens is 693 g/mol. The van der Waals surface area contributed by atoms with Crippen LogP contribution in [0.4, 0.5) is 0 Å². The summed E-state index contributed by atoms with van der Waals surface area (Å²) >= 11 is 1.93. The Kier molecular flexibility index (Phi) is 11.5. The topological polar surface area (TPSA) is 140 Å². The standard InChI is InChI=1S/C29H34IN3O7S2/c1-6-39-27-17-22(16-25(30)28(27)40-42(37,38)24-13-9-21(5)10-14-24)18-31-32-29(34)26(15-19(2)3)33-41(35,36)23-11-7-20(4)8-12-23/h7-14,16-19,26,33H,6,15H2,1-5H3,(H,32,34)/b31-18-/t26-/m0/s1. The molecule has 0 aromatic heterocycles. The van der Waals surface area contributed by atoms with Crippen molar-refractivity contribution in [1.29, 1.82) is 0 Å². The molecular formula is C29H34IN3O7S2. The number of carbonyl (C=O) groups is 1. The second-order valence-corrected chi connectivity index (χ2v) is 14.4. The fourth-order valence-corrected chi connectivity index (χ4v) is 6.82. The molecule has 42 heavy (non-hydrogen) atoms. The van der Waals surface area contributed by atoms with Crippen LogP contribution < -0.4 is 19.1 Å². The lowest BCUT2D eigenvalue weighted by Gasteiger charge is -2.19. The van der Waals surface area contributed by atoms with Crippen molar-refractivity contribution in [2.75, 3.05) is 6.61 Å². The van der Waals surface area contributed by atoms with Crippen LogP contribution >= 0.6 is 22.6 Å². The number of hydrogen-bond acceptors (Lipinski definition) is 8. The number of amides is 1. The number of benzene rings is 3. The quantitative estimate of drug-likeness (QED) is 0.110. The Morgan fingerprint density at radius 1 is 0.952 bits per heavy atom. The molecule has 0 heterocycles. The minimum atomic E-state index is -4.12. The Morgan fingerprint density at radius 3 is 2.07 bits per heavy atom. The van der Waals surface area contributed by atoms with E-state index in [4.69, 9.17) is 8.92 Å². The summed E-state index contributed by atoms with van der Waals surface area (Å²) in [5.41, 5.74) is 4.71. The van der Waals surface area contributed by atoms with Gasteiger partial charge in [-0.15, -0.1) is 0 Å². The van der Waals surface area contributed by atoms with Crippen LogP contribution in [0.15, 0.2) is 75.6 Å². The smallest absolute Gasteiger partial charge is 0.339 e. The first-order valence-electron chi connectivity index (χ1n) is 13.1. The number of rotatable bonds is 13. The van der Waals surface area contributed by atoms with Crippen LogP contribution in [0.2, 0.25) is 0 Å². The molecule has 0 aliphatic heterocycles. The van der Waals surface area contributed by atoms with Gasteiger partial charge in [0.05, 0.1) is 21.3 Å². The zero-order valence-electron chi connectivity index (χ0n) is 23.9. The van der Waals surface area contributed by atoms with Gasteiger partial charge in [-0.25, -0.2) is 13.8 Å². The molecule has 3 rings (SSSR count). The second kappa shape index (κ2) is 14.4. The van der Waals surface area contributed by atoms with E-state index >= 15 is 0 Å². The van der Waals surface area contributed by atoms with Gasteiger partial charge in [0, 0.05) is 0 Å². The van der Waals surface area contributed by atoms with Gasteiger partial charge in [0.1, 0.15) is 10.9 Å². The zero-order valence-corrected chi connectivity index (χ0v) is 27.7. The SMILES string of the molecule is CCOc1cc(/C=N\NC(=O)[C@H](CC(C)C)NS(=O)(=O)c2ccc(C)cc2)cc(I)c1OS(=O)(=O)c1ccc(C)cc1. The van der Waals surface area contributed by atoms with Gasteiger partial charge in [0.25, 0.3) is 5.91 Å². The Labute approximate surface area is 261 Å². The van der Waals surface area contributed by atoms with Gasteiger partial charge < -0.3 is 8.92 Å². The molecule has 1 atom stereocenters. The summed E-state index contributed by atoms with van der Waals surface area (Å²) in [7, 11) is -8.07. The number of ether oxygens (including phenoxy) is 1. The molecule has 0 radical (unpaired) electrons. The molecule has 10 nitrogen and oxygen atoms in total. The lowest BCUT2D eigenvalue weighted by Crippen LogP contribution is -2.46. The number of hydrogen-bond donors (Lipinski definition) is 2. The summed E-state index contributed by atoms with van der Waals surface area (Å²) in [5, 5.41) is 4.01. The number of sulfonamides is 1. The van der Waals surface area contributed by atoms with E-state index < -0.39 is 32.1 Å². The fourth-order valence-electron chi connectivity index (χ4n) is 3.77. The van der Waals surface area contributed by atoms with Crippen LogP contribution in [-0.4, -0.2) is 41.6 Å². The summed E-state index contributed by atoms with van der Waals surface area (Å²) in [6.45, 7) is 9.45. The van der Waals surface area contributed by atoms with Gasteiger partial charge in [-0.1, -0.05) is 49.2 Å². The molecule has 0 aliphatic rings. The molecule has 13 heteroatoms. The van der Waals surface area contributed by atoms with Crippen molar-refractivity contribution < 1.29 is 30.6 Å². The molecule has 0 saturated carbocycles. The third kappa shape index (κ3) is 9.24. The Hall–Kier alpha value is -3.01. The summed E-state index contributed by atoms with van der Waals surface area (Å²) < 4.78 is 65.6.